The molecule has 4 nitrogen and oxygen atoms in total. The second-order valence-electron chi connectivity index (χ2n) is 4.28. The number of amides is 3. The standard InChI is InChI=1S/C12H11F3N2O2/c1-7-6-16-11(19)17(10(7)18)9-5-3-2-4-8(9)12(13,14)15/h2-5,7H,6H2,1H3,(H,16,19). The predicted octanol–water partition coefficient (Wildman–Crippen LogP) is 2.40. The van der Waals surface area contributed by atoms with E-state index in [2.05, 4.69) is 5.32 Å². The van der Waals surface area contributed by atoms with E-state index < -0.39 is 35.3 Å². The lowest BCUT2D eigenvalue weighted by atomic mass is 10.1. The topological polar surface area (TPSA) is 49.4 Å². The van der Waals surface area contributed by atoms with Gasteiger partial charge in [-0.05, 0) is 12.1 Å². The molecule has 19 heavy (non-hydrogen) atoms. The van der Waals surface area contributed by atoms with Gasteiger partial charge in [0.05, 0.1) is 17.2 Å². The van der Waals surface area contributed by atoms with Gasteiger partial charge in [0.2, 0.25) is 5.91 Å². The molecule has 1 aromatic rings. The number of carbonyl (C=O) groups excluding carboxylic acids is 2. The van der Waals surface area contributed by atoms with Crippen molar-refractivity contribution in [1.29, 1.82) is 0 Å². The van der Waals surface area contributed by atoms with Gasteiger partial charge >= 0.3 is 12.2 Å². The van der Waals surface area contributed by atoms with Crippen LogP contribution in [0, 0.1) is 5.92 Å². The number of hydrogen-bond donors (Lipinski definition) is 1. The van der Waals surface area contributed by atoms with E-state index in [9.17, 15) is 22.8 Å². The minimum Gasteiger partial charge on any atom is -0.337 e. The SMILES string of the molecule is CC1CNC(=O)N(c2ccccc2C(F)(F)F)C1=O. The highest BCUT2D eigenvalue weighted by molar-refractivity contribution is 6.17. The van der Waals surface area contributed by atoms with Gasteiger partial charge in [-0.3, -0.25) is 4.79 Å². The van der Waals surface area contributed by atoms with Crippen LogP contribution in [0.3, 0.4) is 0 Å². The Balaban J connectivity index is 2.52. The molecule has 3 amide bonds. The second-order valence-corrected chi connectivity index (χ2v) is 4.28. The van der Waals surface area contributed by atoms with Crippen molar-refractivity contribution in [1.82, 2.24) is 5.32 Å². The zero-order chi connectivity index (χ0) is 14.2. The fraction of sp³-hybridized carbons (Fsp3) is 0.333. The Bertz CT molecular complexity index is 528. The van der Waals surface area contributed by atoms with E-state index >= 15 is 0 Å². The highest BCUT2D eigenvalue weighted by atomic mass is 19.4. The molecule has 7 heteroatoms. The molecule has 0 bridgehead atoms. The number of urea groups is 1. The minimum atomic E-state index is -4.63. The second kappa shape index (κ2) is 4.56. The average molecular weight is 272 g/mol. The van der Waals surface area contributed by atoms with Gasteiger partial charge in [0, 0.05) is 6.54 Å². The molecule has 102 valence electrons. The Morgan fingerprint density at radius 2 is 1.89 bits per heavy atom. The van der Waals surface area contributed by atoms with E-state index in [1.54, 1.807) is 6.92 Å². The lowest BCUT2D eigenvalue weighted by molar-refractivity contribution is -0.137. The molecule has 1 unspecified atom stereocenters. The lowest BCUT2D eigenvalue weighted by Crippen LogP contribution is -2.54. The molecule has 0 spiro atoms. The summed E-state index contributed by atoms with van der Waals surface area (Å²) in [5, 5.41) is 2.39. The summed E-state index contributed by atoms with van der Waals surface area (Å²) in [5.74, 6) is -1.19. The fourth-order valence-electron chi connectivity index (χ4n) is 1.86. The van der Waals surface area contributed by atoms with Gasteiger partial charge in [0.25, 0.3) is 0 Å². The number of benzene rings is 1. The highest BCUT2D eigenvalue weighted by Crippen LogP contribution is 2.37. The molecule has 0 radical (unpaired) electrons. The molecule has 1 aromatic carbocycles. The molecule has 0 saturated carbocycles. The van der Waals surface area contributed by atoms with Crippen LogP contribution in [-0.2, 0) is 11.0 Å². The number of halogens is 3. The maximum Gasteiger partial charge on any atom is 0.418 e. The zero-order valence-corrected chi connectivity index (χ0v) is 9.99. The largest absolute Gasteiger partial charge is 0.418 e. The number of rotatable bonds is 1. The molecule has 1 saturated heterocycles. The molecule has 1 aliphatic heterocycles. The van der Waals surface area contributed by atoms with Crippen LogP contribution in [0.5, 0.6) is 0 Å². The van der Waals surface area contributed by atoms with Gasteiger partial charge < -0.3 is 5.32 Å². The number of hydrogen-bond acceptors (Lipinski definition) is 2. The van der Waals surface area contributed by atoms with Crippen LogP contribution in [0.1, 0.15) is 12.5 Å². The first-order valence-electron chi connectivity index (χ1n) is 5.60. The van der Waals surface area contributed by atoms with Crippen LogP contribution < -0.4 is 10.2 Å². The van der Waals surface area contributed by atoms with Crippen LogP contribution in [0.15, 0.2) is 24.3 Å². The third-order valence-electron chi connectivity index (χ3n) is 2.85. The van der Waals surface area contributed by atoms with Gasteiger partial charge in [0.1, 0.15) is 0 Å². The molecule has 1 N–H and O–H groups in total. The molecule has 1 atom stereocenters. The Hall–Kier alpha value is -2.05. The molecular formula is C12H11F3N2O2. The van der Waals surface area contributed by atoms with Crippen molar-refractivity contribution >= 4 is 17.6 Å². The maximum atomic E-state index is 12.9. The summed E-state index contributed by atoms with van der Waals surface area (Å²) in [7, 11) is 0. The Labute approximate surface area is 107 Å². The van der Waals surface area contributed by atoms with E-state index in [0.717, 1.165) is 12.1 Å². The van der Waals surface area contributed by atoms with Crippen LogP contribution in [0.25, 0.3) is 0 Å². The number of carbonyl (C=O) groups is 2. The number of nitrogens with one attached hydrogen (secondary N) is 1. The fourth-order valence-corrected chi connectivity index (χ4v) is 1.86. The van der Waals surface area contributed by atoms with E-state index in [1.807, 2.05) is 0 Å². The van der Waals surface area contributed by atoms with Crippen LogP contribution in [-0.4, -0.2) is 18.5 Å². The number of imide groups is 1. The van der Waals surface area contributed by atoms with Crippen LogP contribution in [0.2, 0.25) is 0 Å². The minimum absolute atomic E-state index is 0.127. The Morgan fingerprint density at radius 1 is 1.26 bits per heavy atom. The monoisotopic (exact) mass is 272 g/mol. The first-order chi connectivity index (χ1) is 8.82. The summed E-state index contributed by atoms with van der Waals surface area (Å²) in [4.78, 5) is 24.1. The summed E-state index contributed by atoms with van der Waals surface area (Å²) < 4.78 is 38.7. The number of alkyl halides is 3. The highest BCUT2D eigenvalue weighted by Gasteiger charge is 2.40. The van der Waals surface area contributed by atoms with Gasteiger partial charge in [-0.25, -0.2) is 9.69 Å². The van der Waals surface area contributed by atoms with Gasteiger partial charge in [-0.15, -0.1) is 0 Å². The van der Waals surface area contributed by atoms with Crippen molar-refractivity contribution in [2.24, 2.45) is 5.92 Å². The number of para-hydroxylation sites is 1. The van der Waals surface area contributed by atoms with Crippen LogP contribution in [0.4, 0.5) is 23.7 Å². The van der Waals surface area contributed by atoms with Crippen molar-refractivity contribution in [3.05, 3.63) is 29.8 Å². The van der Waals surface area contributed by atoms with Gasteiger partial charge in [0.15, 0.2) is 0 Å². The Morgan fingerprint density at radius 3 is 2.53 bits per heavy atom. The molecular weight excluding hydrogens is 261 g/mol. The summed E-state index contributed by atoms with van der Waals surface area (Å²) in [5.41, 5.74) is -1.45. The average Bonchev–Trinajstić information content (AvgIpc) is 2.34. The third-order valence-corrected chi connectivity index (χ3v) is 2.85. The van der Waals surface area contributed by atoms with E-state index in [1.165, 1.54) is 12.1 Å². The summed E-state index contributed by atoms with van der Waals surface area (Å²) >= 11 is 0. The van der Waals surface area contributed by atoms with Crippen molar-refractivity contribution < 1.29 is 22.8 Å². The van der Waals surface area contributed by atoms with Crippen molar-refractivity contribution in [3.8, 4) is 0 Å². The third kappa shape index (κ3) is 2.40. The number of anilines is 1. The lowest BCUT2D eigenvalue weighted by Gasteiger charge is -2.31. The summed E-state index contributed by atoms with van der Waals surface area (Å²) in [6, 6.07) is 3.68. The van der Waals surface area contributed by atoms with Crippen molar-refractivity contribution in [2.75, 3.05) is 11.4 Å². The summed E-state index contributed by atoms with van der Waals surface area (Å²) in [6.07, 6.45) is -4.63. The van der Waals surface area contributed by atoms with Crippen molar-refractivity contribution in [2.45, 2.75) is 13.1 Å². The molecule has 2 rings (SSSR count). The maximum absolute atomic E-state index is 12.9. The van der Waals surface area contributed by atoms with E-state index in [0.29, 0.717) is 4.90 Å². The van der Waals surface area contributed by atoms with Crippen LogP contribution >= 0.6 is 0 Å². The summed E-state index contributed by atoms with van der Waals surface area (Å²) in [6.45, 7) is 1.67. The smallest absolute Gasteiger partial charge is 0.337 e. The molecule has 1 aliphatic rings. The van der Waals surface area contributed by atoms with E-state index in [4.69, 9.17) is 0 Å². The first-order valence-corrected chi connectivity index (χ1v) is 5.60. The molecule has 1 heterocycles. The first kappa shape index (κ1) is 13.4. The van der Waals surface area contributed by atoms with E-state index in [-0.39, 0.29) is 6.54 Å². The predicted molar refractivity (Wildman–Crippen MR) is 61.5 cm³/mol. The van der Waals surface area contributed by atoms with Crippen molar-refractivity contribution in [3.63, 3.8) is 0 Å². The molecule has 1 fully saturated rings. The Kier molecular flexibility index (Phi) is 3.21. The van der Waals surface area contributed by atoms with Gasteiger partial charge in [-0.2, -0.15) is 13.2 Å². The normalized spacial score (nSPS) is 20.4. The van der Waals surface area contributed by atoms with Gasteiger partial charge in [-0.1, -0.05) is 19.1 Å². The molecule has 0 aliphatic carbocycles. The number of nitrogens with zero attached hydrogens (tertiary/aromatic N) is 1. The quantitative estimate of drug-likeness (QED) is 0.853. The zero-order valence-electron chi connectivity index (χ0n) is 9.99. The molecule has 0 aromatic heterocycles.